The summed E-state index contributed by atoms with van der Waals surface area (Å²) >= 11 is 0. The van der Waals surface area contributed by atoms with Gasteiger partial charge in [-0.15, -0.1) is 0 Å². The van der Waals surface area contributed by atoms with E-state index in [4.69, 9.17) is 5.11 Å². The van der Waals surface area contributed by atoms with Crippen LogP contribution in [0.4, 0.5) is 4.53 Å². The molecule has 0 atom stereocenters. The van der Waals surface area contributed by atoms with Gasteiger partial charge in [-0.05, 0) is 24.1 Å². The fourth-order valence-corrected chi connectivity index (χ4v) is 0.948. The van der Waals surface area contributed by atoms with Crippen LogP contribution in [0.1, 0.15) is 32.3 Å². The standard InChI is InChI=1S/C9H9FO3.C3H8/c10-13-9(12)6-3-7-1-4-8(11)5-2-7;1-3-2/h1-2,4-5,11H,3,6H2;3H2,1-2H3. The van der Waals surface area contributed by atoms with Crippen molar-refractivity contribution in [2.75, 3.05) is 0 Å². The number of phenols is 1. The van der Waals surface area contributed by atoms with Crippen molar-refractivity contribution in [3.63, 3.8) is 0 Å². The molecule has 0 heterocycles. The lowest BCUT2D eigenvalue weighted by Crippen LogP contribution is -1.99. The van der Waals surface area contributed by atoms with Crippen molar-refractivity contribution in [2.45, 2.75) is 33.1 Å². The monoisotopic (exact) mass is 228 g/mol. The number of aryl methyl sites for hydroxylation is 1. The highest BCUT2D eigenvalue weighted by Crippen LogP contribution is 2.11. The molecule has 4 heteroatoms. The number of hydrogen-bond donors (Lipinski definition) is 1. The second kappa shape index (κ2) is 8.71. The normalized spacial score (nSPS) is 8.94. The van der Waals surface area contributed by atoms with Gasteiger partial charge in [0.1, 0.15) is 5.75 Å². The fourth-order valence-electron chi connectivity index (χ4n) is 0.948. The minimum Gasteiger partial charge on any atom is -0.508 e. The van der Waals surface area contributed by atoms with E-state index in [1.165, 1.54) is 18.6 Å². The van der Waals surface area contributed by atoms with E-state index >= 15 is 0 Å². The van der Waals surface area contributed by atoms with E-state index in [9.17, 15) is 9.32 Å². The third-order valence-electron chi connectivity index (χ3n) is 1.64. The fraction of sp³-hybridized carbons (Fsp3) is 0.417. The molecule has 0 radical (unpaired) electrons. The molecule has 90 valence electrons. The molecular formula is C12H17FO3. The van der Waals surface area contributed by atoms with Gasteiger partial charge in [0.25, 0.3) is 0 Å². The maximum absolute atomic E-state index is 11.3. The van der Waals surface area contributed by atoms with Crippen molar-refractivity contribution in [2.24, 2.45) is 0 Å². The van der Waals surface area contributed by atoms with E-state index in [1.54, 1.807) is 12.1 Å². The van der Waals surface area contributed by atoms with Crippen LogP contribution in [0.15, 0.2) is 24.3 Å². The van der Waals surface area contributed by atoms with Crippen LogP contribution in [0.3, 0.4) is 0 Å². The third kappa shape index (κ3) is 6.81. The van der Waals surface area contributed by atoms with Crippen LogP contribution in [0, 0.1) is 0 Å². The number of hydrogen-bond acceptors (Lipinski definition) is 3. The van der Waals surface area contributed by atoms with Gasteiger partial charge < -0.3 is 5.11 Å². The number of aromatic hydroxyl groups is 1. The smallest absolute Gasteiger partial charge is 0.349 e. The number of rotatable bonds is 3. The molecule has 0 unspecified atom stereocenters. The molecule has 0 aliphatic rings. The van der Waals surface area contributed by atoms with Crippen LogP contribution in [0.2, 0.25) is 0 Å². The first-order valence-electron chi connectivity index (χ1n) is 5.23. The van der Waals surface area contributed by atoms with Gasteiger partial charge in [0.15, 0.2) is 0 Å². The van der Waals surface area contributed by atoms with Gasteiger partial charge in [-0.1, -0.05) is 32.4 Å². The Morgan fingerprint density at radius 2 is 1.81 bits per heavy atom. The van der Waals surface area contributed by atoms with Crippen LogP contribution in [-0.4, -0.2) is 11.1 Å². The van der Waals surface area contributed by atoms with Crippen LogP contribution in [0.5, 0.6) is 5.75 Å². The Labute approximate surface area is 94.8 Å². The van der Waals surface area contributed by atoms with Crippen molar-refractivity contribution in [3.05, 3.63) is 29.8 Å². The van der Waals surface area contributed by atoms with Gasteiger partial charge in [0, 0.05) is 4.53 Å². The van der Waals surface area contributed by atoms with Crippen LogP contribution < -0.4 is 0 Å². The Kier molecular flexibility index (Phi) is 7.85. The summed E-state index contributed by atoms with van der Waals surface area (Å²) < 4.78 is 11.3. The topological polar surface area (TPSA) is 46.5 Å². The molecule has 0 spiro atoms. The summed E-state index contributed by atoms with van der Waals surface area (Å²) in [6.07, 6.45) is 1.66. The van der Waals surface area contributed by atoms with Crippen molar-refractivity contribution in [3.8, 4) is 5.75 Å². The van der Waals surface area contributed by atoms with Crippen LogP contribution >= 0.6 is 0 Å². The molecule has 0 amide bonds. The Balaban J connectivity index is 0.000000673. The predicted molar refractivity (Wildman–Crippen MR) is 59.6 cm³/mol. The molecular weight excluding hydrogens is 211 g/mol. The average Bonchev–Trinajstić information content (AvgIpc) is 2.29. The Hall–Kier alpha value is -1.58. The molecule has 0 saturated carbocycles. The van der Waals surface area contributed by atoms with E-state index in [0.717, 1.165) is 5.56 Å². The molecule has 0 aliphatic carbocycles. The van der Waals surface area contributed by atoms with Gasteiger partial charge in [-0.25, -0.2) is 4.79 Å². The number of phenolic OH excluding ortho intramolecular Hbond substituents is 1. The van der Waals surface area contributed by atoms with Gasteiger partial charge in [-0.3, -0.25) is 4.94 Å². The molecule has 1 aromatic rings. The lowest BCUT2D eigenvalue weighted by molar-refractivity contribution is -0.183. The second-order valence-electron chi connectivity index (χ2n) is 3.32. The van der Waals surface area contributed by atoms with E-state index in [-0.39, 0.29) is 12.2 Å². The number of benzene rings is 1. The quantitative estimate of drug-likeness (QED) is 0.864. The summed E-state index contributed by atoms with van der Waals surface area (Å²) in [5.41, 5.74) is 0.850. The Morgan fingerprint density at radius 3 is 2.25 bits per heavy atom. The summed E-state index contributed by atoms with van der Waals surface area (Å²) in [5, 5.41) is 8.93. The van der Waals surface area contributed by atoms with E-state index < -0.39 is 5.97 Å². The molecule has 1 rings (SSSR count). The first-order valence-corrected chi connectivity index (χ1v) is 5.23. The summed E-state index contributed by atoms with van der Waals surface area (Å²) in [7, 11) is 0. The molecule has 1 N–H and O–H groups in total. The SMILES string of the molecule is CCC.O=C(CCc1ccc(O)cc1)OF. The minimum absolute atomic E-state index is 0.00127. The van der Waals surface area contributed by atoms with Gasteiger partial charge >= 0.3 is 5.97 Å². The lowest BCUT2D eigenvalue weighted by atomic mass is 10.1. The van der Waals surface area contributed by atoms with E-state index in [2.05, 4.69) is 18.8 Å². The van der Waals surface area contributed by atoms with Gasteiger partial charge in [-0.2, -0.15) is 0 Å². The minimum atomic E-state index is -0.881. The molecule has 0 saturated heterocycles. The summed E-state index contributed by atoms with van der Waals surface area (Å²) in [6, 6.07) is 6.36. The maximum atomic E-state index is 11.3. The number of carbonyl (C=O) groups is 1. The van der Waals surface area contributed by atoms with Crippen molar-refractivity contribution in [1.29, 1.82) is 0 Å². The summed E-state index contributed by atoms with van der Waals surface area (Å²) in [5.74, 6) is -0.718. The highest BCUT2D eigenvalue weighted by Gasteiger charge is 2.03. The van der Waals surface area contributed by atoms with Crippen molar-refractivity contribution in [1.82, 2.24) is 0 Å². The van der Waals surface area contributed by atoms with Crippen LogP contribution in [-0.2, 0) is 16.2 Å². The zero-order valence-electron chi connectivity index (χ0n) is 9.57. The Bertz CT molecular complexity index is 296. The number of carbonyl (C=O) groups excluding carboxylic acids is 1. The lowest BCUT2D eigenvalue weighted by Gasteiger charge is -1.98. The first-order chi connectivity index (χ1) is 7.63. The summed E-state index contributed by atoms with van der Waals surface area (Å²) in [6.45, 7) is 4.25. The molecule has 1 aromatic carbocycles. The first kappa shape index (κ1) is 14.4. The van der Waals surface area contributed by atoms with E-state index in [1.807, 2.05) is 0 Å². The molecule has 0 aromatic heterocycles. The highest BCUT2D eigenvalue weighted by molar-refractivity contribution is 5.68. The maximum Gasteiger partial charge on any atom is 0.349 e. The molecule has 16 heavy (non-hydrogen) atoms. The third-order valence-corrected chi connectivity index (χ3v) is 1.64. The molecule has 0 bridgehead atoms. The van der Waals surface area contributed by atoms with Gasteiger partial charge in [0.2, 0.25) is 0 Å². The number of halogens is 1. The van der Waals surface area contributed by atoms with Crippen molar-refractivity contribution >= 4 is 5.97 Å². The molecule has 0 aliphatic heterocycles. The van der Waals surface area contributed by atoms with Gasteiger partial charge in [0.05, 0.1) is 6.42 Å². The molecule has 0 fully saturated rings. The zero-order valence-corrected chi connectivity index (χ0v) is 9.57. The zero-order chi connectivity index (χ0) is 12.4. The average molecular weight is 228 g/mol. The second-order valence-corrected chi connectivity index (χ2v) is 3.32. The van der Waals surface area contributed by atoms with Crippen LogP contribution in [0.25, 0.3) is 0 Å². The van der Waals surface area contributed by atoms with E-state index in [0.29, 0.717) is 6.42 Å². The highest BCUT2D eigenvalue weighted by atomic mass is 19.3. The Morgan fingerprint density at radius 1 is 1.31 bits per heavy atom. The predicted octanol–water partition coefficient (Wildman–Crippen LogP) is 3.17. The van der Waals surface area contributed by atoms with Crippen molar-refractivity contribution < 1.29 is 19.4 Å². The summed E-state index contributed by atoms with van der Waals surface area (Å²) in [4.78, 5) is 13.4. The molecule has 3 nitrogen and oxygen atoms in total. The largest absolute Gasteiger partial charge is 0.508 e.